The molecule has 5 nitrogen and oxygen atoms in total. The van der Waals surface area contributed by atoms with Gasteiger partial charge in [-0.15, -0.1) is 0 Å². The topological polar surface area (TPSA) is 67.8 Å². The highest BCUT2D eigenvalue weighted by Gasteiger charge is 2.73. The van der Waals surface area contributed by atoms with Gasteiger partial charge in [0.1, 0.15) is 17.5 Å². The number of aliphatic imine (C=N–C) groups is 1. The van der Waals surface area contributed by atoms with Crippen LogP contribution in [0.4, 0.5) is 39.5 Å². The van der Waals surface area contributed by atoms with Crippen LogP contribution in [-0.4, -0.2) is 35.2 Å². The van der Waals surface area contributed by atoms with Crippen molar-refractivity contribution >= 4 is 23.4 Å². The molecule has 1 saturated carbocycles. The molecule has 1 fully saturated rings. The van der Waals surface area contributed by atoms with E-state index < -0.39 is 80.6 Å². The maximum atomic E-state index is 14.4. The van der Waals surface area contributed by atoms with E-state index in [2.05, 4.69) is 21.8 Å². The van der Waals surface area contributed by atoms with E-state index in [4.69, 9.17) is 0 Å². The molecule has 0 spiro atoms. The molecule has 1 aliphatic rings. The number of rotatable bonds is 11. The number of amides is 1. The fourth-order valence-corrected chi connectivity index (χ4v) is 7.31. The largest absolute Gasteiger partial charge is 0.430 e. The number of alkyl halides is 6. The number of carbonyl (C=O) groups excluding carboxylic acids is 1. The number of ether oxygens (including phenoxy) is 1. The summed E-state index contributed by atoms with van der Waals surface area (Å²) in [5.41, 5.74) is -7.33. The van der Waals surface area contributed by atoms with E-state index in [0.29, 0.717) is 24.3 Å². The summed E-state index contributed by atoms with van der Waals surface area (Å²) in [6.45, 7) is 3.16. The molecule has 1 aliphatic carbocycles. The molecule has 3 aromatic rings. The van der Waals surface area contributed by atoms with Crippen LogP contribution in [0.25, 0.3) is 0 Å². The van der Waals surface area contributed by atoms with Crippen LogP contribution in [0.3, 0.4) is 0 Å². The van der Waals surface area contributed by atoms with Crippen LogP contribution in [-0.2, 0) is 37.3 Å². The minimum Gasteiger partial charge on any atom is -0.349 e. The minimum atomic E-state index is -6.16. The Balaban J connectivity index is 1.74. The molecular formula is C33H27F9N2O3S. The van der Waals surface area contributed by atoms with E-state index in [1.807, 2.05) is 0 Å². The monoisotopic (exact) mass is 702 g/mol. The molecule has 1 N–H and O–H groups in total. The van der Waals surface area contributed by atoms with E-state index in [0.717, 1.165) is 30.3 Å². The molecule has 3 aromatic carbocycles. The second-order valence-corrected chi connectivity index (χ2v) is 12.6. The molecule has 1 atom stereocenters. The number of hydrogen-bond acceptors (Lipinski definition) is 4. The smallest absolute Gasteiger partial charge is 0.349 e. The Morgan fingerprint density at radius 2 is 1.52 bits per heavy atom. The molecule has 1 amide bonds. The summed E-state index contributed by atoms with van der Waals surface area (Å²) in [6, 6.07) is 8.94. The van der Waals surface area contributed by atoms with Gasteiger partial charge in [-0.1, -0.05) is 36.4 Å². The number of carbonyl (C=O) groups is 1. The lowest BCUT2D eigenvalue weighted by atomic mass is 9.74. The van der Waals surface area contributed by atoms with Crippen LogP contribution in [0.5, 0.6) is 0 Å². The van der Waals surface area contributed by atoms with Gasteiger partial charge < -0.3 is 10.1 Å². The van der Waals surface area contributed by atoms with Gasteiger partial charge in [-0.2, -0.15) is 26.3 Å². The first-order chi connectivity index (χ1) is 22.5. The molecule has 0 aromatic heterocycles. The van der Waals surface area contributed by atoms with Crippen LogP contribution >= 0.6 is 0 Å². The summed E-state index contributed by atoms with van der Waals surface area (Å²) in [5.74, 6) is -3.98. The second kappa shape index (κ2) is 14.1. The first kappa shape index (κ1) is 36.6. The summed E-state index contributed by atoms with van der Waals surface area (Å²) in [7, 11) is -2.04. The average Bonchev–Trinajstić information content (AvgIpc) is 2.99. The Kier molecular flexibility index (Phi) is 10.7. The van der Waals surface area contributed by atoms with Crippen molar-refractivity contribution in [3.05, 3.63) is 125 Å². The van der Waals surface area contributed by atoms with Crippen molar-refractivity contribution in [3.63, 3.8) is 0 Å². The van der Waals surface area contributed by atoms with Crippen LogP contribution < -0.4 is 5.32 Å². The molecule has 48 heavy (non-hydrogen) atoms. The number of nitrogens with one attached hydrogen (secondary N) is 1. The van der Waals surface area contributed by atoms with Gasteiger partial charge in [-0.05, 0) is 74.5 Å². The number of halogens is 9. The van der Waals surface area contributed by atoms with Gasteiger partial charge in [0, 0.05) is 33.8 Å². The Bertz CT molecular complexity index is 1690. The number of allylic oxidation sites excluding steroid dienone is 1. The summed E-state index contributed by atoms with van der Waals surface area (Å²) in [6.07, 6.45) is -8.27. The van der Waals surface area contributed by atoms with Crippen LogP contribution in [0.15, 0.2) is 101 Å². The maximum absolute atomic E-state index is 14.4. The zero-order chi connectivity index (χ0) is 35.5. The first-order valence-corrected chi connectivity index (χ1v) is 15.2. The third-order valence-corrected chi connectivity index (χ3v) is 9.89. The van der Waals surface area contributed by atoms with Gasteiger partial charge >= 0.3 is 12.4 Å². The van der Waals surface area contributed by atoms with Crippen LogP contribution in [0, 0.1) is 17.5 Å². The lowest BCUT2D eigenvalue weighted by Crippen LogP contribution is -2.56. The van der Waals surface area contributed by atoms with E-state index in [9.17, 15) is 48.5 Å². The molecule has 0 radical (unpaired) electrons. The number of benzene rings is 3. The van der Waals surface area contributed by atoms with Crippen molar-refractivity contribution in [2.75, 3.05) is 0 Å². The van der Waals surface area contributed by atoms with Crippen molar-refractivity contribution in [3.8, 4) is 0 Å². The Labute approximate surface area is 271 Å². The standard InChI is InChI=1S/C33H27F9N2O3S/c1-3-20(15-16-43-2)29(45)44-24-17-30(18-24,48(46)25-13-11-23(34)12-14-25)21-7-9-22(10-8-21)31(32(37,38)39,33(40,41)42)47-19-26-27(35)5-4-6-28(26)36/h3-16,24H,2,17-19H2,1H3,(H,44,45)/b16-15-,20-3+. The van der Waals surface area contributed by atoms with Crippen LogP contribution in [0.1, 0.15) is 36.5 Å². The van der Waals surface area contributed by atoms with Gasteiger partial charge in [0.25, 0.3) is 11.5 Å². The van der Waals surface area contributed by atoms with Crippen molar-refractivity contribution < 1.29 is 53.3 Å². The number of hydrogen-bond donors (Lipinski definition) is 1. The predicted molar refractivity (Wildman–Crippen MR) is 159 cm³/mol. The van der Waals surface area contributed by atoms with Crippen LogP contribution in [0.2, 0.25) is 0 Å². The molecule has 15 heteroatoms. The number of nitrogens with zero attached hydrogens (tertiary/aromatic N) is 1. The highest BCUT2D eigenvalue weighted by molar-refractivity contribution is 7.86. The van der Waals surface area contributed by atoms with E-state index >= 15 is 0 Å². The van der Waals surface area contributed by atoms with Crippen molar-refractivity contribution in [1.29, 1.82) is 0 Å². The van der Waals surface area contributed by atoms with Crippen molar-refractivity contribution in [2.24, 2.45) is 4.99 Å². The van der Waals surface area contributed by atoms with Gasteiger partial charge in [-0.3, -0.25) is 14.0 Å². The average molecular weight is 703 g/mol. The Morgan fingerprint density at radius 3 is 2.02 bits per heavy atom. The SMILES string of the molecule is C=N/C=C\C(=C/C)C(=O)NC1CC(c2ccc(C(OCc3c(F)cccc3F)(C(F)(F)F)C(F)(F)F)cc2)(S(=O)c2ccc(F)cc2)C1. The van der Waals surface area contributed by atoms with E-state index in [1.165, 1.54) is 30.5 Å². The van der Waals surface area contributed by atoms with Gasteiger partial charge in [-0.25, -0.2) is 13.2 Å². The van der Waals surface area contributed by atoms with Crippen molar-refractivity contribution in [2.45, 2.75) is 60.0 Å². The second-order valence-electron chi connectivity index (χ2n) is 10.8. The Morgan fingerprint density at radius 1 is 0.958 bits per heavy atom. The zero-order valence-electron chi connectivity index (χ0n) is 25.0. The predicted octanol–water partition coefficient (Wildman–Crippen LogP) is 8.08. The summed E-state index contributed by atoms with van der Waals surface area (Å²) < 4.78 is 145. The molecule has 1 unspecified atom stereocenters. The molecular weight excluding hydrogens is 675 g/mol. The molecule has 0 bridgehead atoms. The normalized spacial score (nSPS) is 19.5. The molecule has 4 rings (SSSR count). The molecule has 256 valence electrons. The lowest BCUT2D eigenvalue weighted by molar-refractivity contribution is -0.392. The molecule has 0 aliphatic heterocycles. The third kappa shape index (κ3) is 6.97. The maximum Gasteiger partial charge on any atom is 0.430 e. The lowest BCUT2D eigenvalue weighted by Gasteiger charge is -2.47. The van der Waals surface area contributed by atoms with Gasteiger partial charge in [0.2, 0.25) is 0 Å². The third-order valence-electron chi connectivity index (χ3n) is 7.91. The first-order valence-electron chi connectivity index (χ1n) is 14.1. The summed E-state index contributed by atoms with van der Waals surface area (Å²) in [4.78, 5) is 16.4. The summed E-state index contributed by atoms with van der Waals surface area (Å²) >= 11 is 0. The quantitative estimate of drug-likeness (QED) is 0.0952. The van der Waals surface area contributed by atoms with Gasteiger partial charge in [0.05, 0.1) is 22.2 Å². The molecule has 0 heterocycles. The fraction of sp³-hybridized carbons (Fsp3) is 0.273. The Hall–Kier alpha value is -4.24. The molecule has 0 saturated heterocycles. The van der Waals surface area contributed by atoms with E-state index in [1.54, 1.807) is 6.92 Å². The van der Waals surface area contributed by atoms with E-state index in [-0.39, 0.29) is 28.9 Å². The zero-order valence-corrected chi connectivity index (χ0v) is 25.8. The summed E-state index contributed by atoms with van der Waals surface area (Å²) in [5, 5.41) is 2.74. The van der Waals surface area contributed by atoms with Crippen molar-refractivity contribution in [1.82, 2.24) is 5.32 Å². The van der Waals surface area contributed by atoms with Gasteiger partial charge in [0.15, 0.2) is 0 Å². The highest BCUT2D eigenvalue weighted by atomic mass is 32.2. The minimum absolute atomic E-state index is 0.0554. The highest BCUT2D eigenvalue weighted by Crippen LogP contribution is 2.55. The fourth-order valence-electron chi connectivity index (χ4n) is 5.42.